The van der Waals surface area contributed by atoms with E-state index in [1.54, 1.807) is 23.1 Å². The highest BCUT2D eigenvalue weighted by molar-refractivity contribution is 6.05. The van der Waals surface area contributed by atoms with Gasteiger partial charge in [-0.3, -0.25) is 9.69 Å². The van der Waals surface area contributed by atoms with Crippen molar-refractivity contribution in [3.8, 4) is 5.75 Å². The van der Waals surface area contributed by atoms with Gasteiger partial charge in [-0.2, -0.15) is 13.2 Å². The van der Waals surface area contributed by atoms with Gasteiger partial charge in [0.2, 0.25) is 0 Å². The second-order valence-corrected chi connectivity index (χ2v) is 8.42. The van der Waals surface area contributed by atoms with Gasteiger partial charge in [0.15, 0.2) is 0 Å². The summed E-state index contributed by atoms with van der Waals surface area (Å²) in [5.74, 6) is 0.645. The molecule has 0 spiro atoms. The normalized spacial score (nSPS) is 16.7. The monoisotopic (exact) mass is 499 g/mol. The molecule has 2 aliphatic rings. The minimum atomic E-state index is -4.46. The Labute approximate surface area is 205 Å². The van der Waals surface area contributed by atoms with E-state index in [0.29, 0.717) is 61.1 Å². The molecule has 0 saturated carbocycles. The van der Waals surface area contributed by atoms with Crippen LogP contribution in [0.2, 0.25) is 0 Å². The average Bonchev–Trinajstić information content (AvgIpc) is 2.88. The van der Waals surface area contributed by atoms with Crippen molar-refractivity contribution in [2.24, 2.45) is 0 Å². The van der Waals surface area contributed by atoms with Crippen molar-refractivity contribution >= 4 is 34.0 Å². The SMILES string of the molecule is O=C(/C=C/CN1CCOCC1)N1CCOc2cc3ncnc(Nc4cccc(C(F)(F)F)c4)c3cc21. The Bertz CT molecular complexity index is 1290. The minimum Gasteiger partial charge on any atom is -0.489 e. The standard InChI is InChI=1S/C25H24F3N5O3/c26-25(27,28)17-3-1-4-18(13-17)31-24-19-14-21-22(15-20(19)29-16-30-24)36-12-9-33(21)23(34)5-2-6-32-7-10-35-11-8-32/h1-5,13-16H,6-12H2,(H,29,30,31)/b5-2+. The molecular formula is C25H24F3N5O3. The largest absolute Gasteiger partial charge is 0.489 e. The first-order valence-electron chi connectivity index (χ1n) is 11.5. The van der Waals surface area contributed by atoms with E-state index in [2.05, 4.69) is 20.2 Å². The number of aromatic nitrogens is 2. The van der Waals surface area contributed by atoms with Gasteiger partial charge >= 0.3 is 6.18 Å². The Morgan fingerprint density at radius 2 is 1.92 bits per heavy atom. The number of amides is 1. The first-order valence-corrected chi connectivity index (χ1v) is 11.5. The Morgan fingerprint density at radius 1 is 1.08 bits per heavy atom. The predicted octanol–water partition coefficient (Wildman–Crippen LogP) is 4.01. The highest BCUT2D eigenvalue weighted by Gasteiger charge is 2.30. The smallest absolute Gasteiger partial charge is 0.416 e. The van der Waals surface area contributed by atoms with Gasteiger partial charge < -0.3 is 19.7 Å². The number of halogens is 3. The number of hydrogen-bond donors (Lipinski definition) is 1. The maximum absolute atomic E-state index is 13.1. The van der Waals surface area contributed by atoms with E-state index < -0.39 is 11.7 Å². The predicted molar refractivity (Wildman–Crippen MR) is 129 cm³/mol. The van der Waals surface area contributed by atoms with Crippen molar-refractivity contribution in [1.82, 2.24) is 14.9 Å². The highest BCUT2D eigenvalue weighted by atomic mass is 19.4. The Hall–Kier alpha value is -3.70. The fourth-order valence-electron chi connectivity index (χ4n) is 4.18. The molecule has 1 amide bonds. The van der Waals surface area contributed by atoms with Crippen LogP contribution in [0.4, 0.5) is 30.4 Å². The molecule has 36 heavy (non-hydrogen) atoms. The molecule has 0 radical (unpaired) electrons. The van der Waals surface area contributed by atoms with Crippen LogP contribution in [-0.4, -0.2) is 66.8 Å². The molecule has 1 saturated heterocycles. The molecule has 188 valence electrons. The van der Waals surface area contributed by atoms with Crippen molar-refractivity contribution < 1.29 is 27.4 Å². The fourth-order valence-corrected chi connectivity index (χ4v) is 4.18. The molecule has 1 N–H and O–H groups in total. The summed E-state index contributed by atoms with van der Waals surface area (Å²) in [6.07, 6.45) is 0.258. The zero-order valence-electron chi connectivity index (χ0n) is 19.3. The van der Waals surface area contributed by atoms with Crippen LogP contribution in [0.1, 0.15) is 5.56 Å². The summed E-state index contributed by atoms with van der Waals surface area (Å²) in [5, 5.41) is 3.51. The summed E-state index contributed by atoms with van der Waals surface area (Å²) in [5.41, 5.74) is 0.558. The molecule has 3 aromatic rings. The molecule has 3 heterocycles. The van der Waals surface area contributed by atoms with Crippen LogP contribution in [-0.2, 0) is 15.7 Å². The molecular weight excluding hydrogens is 475 g/mol. The average molecular weight is 499 g/mol. The highest BCUT2D eigenvalue weighted by Crippen LogP contribution is 2.38. The third kappa shape index (κ3) is 5.26. The second kappa shape index (κ2) is 10.1. The molecule has 0 atom stereocenters. The third-order valence-corrected chi connectivity index (χ3v) is 6.03. The molecule has 0 aliphatic carbocycles. The first kappa shape index (κ1) is 24.0. The van der Waals surface area contributed by atoms with Crippen molar-refractivity contribution in [3.63, 3.8) is 0 Å². The number of carbonyl (C=O) groups is 1. The number of rotatable bonds is 5. The van der Waals surface area contributed by atoms with Crippen molar-refractivity contribution in [1.29, 1.82) is 0 Å². The van der Waals surface area contributed by atoms with Crippen LogP contribution in [0.25, 0.3) is 10.9 Å². The van der Waals surface area contributed by atoms with Crippen LogP contribution >= 0.6 is 0 Å². The maximum atomic E-state index is 13.1. The molecule has 2 aromatic carbocycles. The minimum absolute atomic E-state index is 0.184. The van der Waals surface area contributed by atoms with Crippen LogP contribution in [0.3, 0.4) is 0 Å². The van der Waals surface area contributed by atoms with E-state index in [1.165, 1.54) is 18.5 Å². The van der Waals surface area contributed by atoms with E-state index in [9.17, 15) is 18.0 Å². The number of nitrogens with one attached hydrogen (secondary N) is 1. The number of alkyl halides is 3. The van der Waals surface area contributed by atoms with Gasteiger partial charge in [0, 0.05) is 42.9 Å². The fraction of sp³-hybridized carbons (Fsp3) is 0.320. The number of hydrogen-bond acceptors (Lipinski definition) is 7. The van der Waals surface area contributed by atoms with Gasteiger partial charge in [0.1, 0.15) is 24.5 Å². The van der Waals surface area contributed by atoms with E-state index in [1.807, 2.05) is 6.08 Å². The first-order chi connectivity index (χ1) is 17.4. The zero-order chi connectivity index (χ0) is 25.1. The quantitative estimate of drug-likeness (QED) is 0.532. The van der Waals surface area contributed by atoms with Gasteiger partial charge in [0.25, 0.3) is 5.91 Å². The number of carbonyl (C=O) groups excluding carboxylic acids is 1. The lowest BCUT2D eigenvalue weighted by Gasteiger charge is -2.29. The summed E-state index contributed by atoms with van der Waals surface area (Å²) < 4.78 is 50.5. The van der Waals surface area contributed by atoms with E-state index in [4.69, 9.17) is 9.47 Å². The van der Waals surface area contributed by atoms with Crippen LogP contribution in [0, 0.1) is 0 Å². The maximum Gasteiger partial charge on any atom is 0.416 e. The molecule has 5 rings (SSSR count). The van der Waals surface area contributed by atoms with E-state index >= 15 is 0 Å². The topological polar surface area (TPSA) is 79.8 Å². The van der Waals surface area contributed by atoms with Crippen LogP contribution in [0.15, 0.2) is 54.9 Å². The van der Waals surface area contributed by atoms with Crippen LogP contribution in [0.5, 0.6) is 5.75 Å². The Morgan fingerprint density at radius 3 is 2.72 bits per heavy atom. The zero-order valence-corrected chi connectivity index (χ0v) is 19.3. The van der Waals surface area contributed by atoms with Crippen molar-refractivity contribution in [2.45, 2.75) is 6.18 Å². The van der Waals surface area contributed by atoms with Crippen molar-refractivity contribution in [2.75, 3.05) is 56.2 Å². The van der Waals surface area contributed by atoms with E-state index in [0.717, 1.165) is 25.2 Å². The number of benzene rings is 2. The summed E-state index contributed by atoms with van der Waals surface area (Å²) in [6, 6.07) is 8.32. The number of morpholine rings is 1. The summed E-state index contributed by atoms with van der Waals surface area (Å²) >= 11 is 0. The van der Waals surface area contributed by atoms with Gasteiger partial charge in [0.05, 0.1) is 36.5 Å². The van der Waals surface area contributed by atoms with Gasteiger partial charge in [-0.15, -0.1) is 0 Å². The Kier molecular flexibility index (Phi) is 6.75. The molecule has 1 aromatic heterocycles. The summed E-state index contributed by atoms with van der Waals surface area (Å²) in [6.45, 7) is 4.38. The number of nitrogens with zero attached hydrogens (tertiary/aromatic N) is 4. The van der Waals surface area contributed by atoms with Crippen LogP contribution < -0.4 is 15.0 Å². The van der Waals surface area contributed by atoms with Crippen molar-refractivity contribution in [3.05, 3.63) is 60.4 Å². The molecule has 0 bridgehead atoms. The number of fused-ring (bicyclic) bond motifs is 2. The summed E-state index contributed by atoms with van der Waals surface area (Å²) in [7, 11) is 0. The summed E-state index contributed by atoms with van der Waals surface area (Å²) in [4.78, 5) is 25.4. The van der Waals surface area contributed by atoms with Gasteiger partial charge in [-0.05, 0) is 24.3 Å². The van der Waals surface area contributed by atoms with E-state index in [-0.39, 0.29) is 11.6 Å². The molecule has 0 unspecified atom stereocenters. The lowest BCUT2D eigenvalue weighted by atomic mass is 10.1. The van der Waals surface area contributed by atoms with Gasteiger partial charge in [-0.25, -0.2) is 9.97 Å². The lowest BCUT2D eigenvalue weighted by molar-refractivity contribution is -0.137. The molecule has 1 fully saturated rings. The Balaban J connectivity index is 1.41. The lowest BCUT2D eigenvalue weighted by Crippen LogP contribution is -2.38. The third-order valence-electron chi connectivity index (χ3n) is 6.03. The number of anilines is 3. The van der Waals surface area contributed by atoms with Gasteiger partial charge in [-0.1, -0.05) is 12.1 Å². The number of ether oxygens (including phenoxy) is 2. The molecule has 11 heteroatoms. The molecule has 8 nitrogen and oxygen atoms in total. The molecule has 2 aliphatic heterocycles. The second-order valence-electron chi connectivity index (χ2n) is 8.42.